The lowest BCUT2D eigenvalue weighted by atomic mass is 10.2. The van der Waals surface area contributed by atoms with Gasteiger partial charge in [-0.25, -0.2) is 4.98 Å². The number of para-hydroxylation sites is 1. The van der Waals surface area contributed by atoms with Crippen molar-refractivity contribution in [1.82, 2.24) is 9.97 Å². The van der Waals surface area contributed by atoms with E-state index in [0.717, 1.165) is 10.9 Å². The van der Waals surface area contributed by atoms with E-state index >= 15 is 0 Å². The lowest BCUT2D eigenvalue weighted by Gasteiger charge is -2.06. The normalized spacial score (nSPS) is 10.1. The molecule has 0 radical (unpaired) electrons. The van der Waals surface area contributed by atoms with Crippen LogP contribution in [0.25, 0.3) is 10.9 Å². The van der Waals surface area contributed by atoms with Gasteiger partial charge < -0.3 is 10.1 Å². The Morgan fingerprint density at radius 2 is 2.06 bits per heavy atom. The van der Waals surface area contributed by atoms with Gasteiger partial charge in [-0.1, -0.05) is 12.1 Å². The van der Waals surface area contributed by atoms with Gasteiger partial charge >= 0.3 is 5.97 Å². The van der Waals surface area contributed by atoms with Crippen LogP contribution in [0.15, 0.2) is 24.3 Å². The highest BCUT2D eigenvalue weighted by atomic mass is 16.5. The first kappa shape index (κ1) is 10.4. The Labute approximate surface area is 92.5 Å². The van der Waals surface area contributed by atoms with Gasteiger partial charge in [-0.15, -0.1) is 0 Å². The second kappa shape index (κ2) is 4.14. The highest BCUT2D eigenvalue weighted by Crippen LogP contribution is 2.23. The average Bonchev–Trinajstić information content (AvgIpc) is 2.28. The second-order valence-corrected chi connectivity index (χ2v) is 3.21. The minimum Gasteiger partial charge on any atom is -0.407 e. The maximum absolute atomic E-state index is 11.0. The molecule has 5 nitrogen and oxygen atoms in total. The molecule has 0 bridgehead atoms. The van der Waals surface area contributed by atoms with Gasteiger partial charge in [0.2, 0.25) is 11.8 Å². The maximum atomic E-state index is 11.0. The topological polar surface area (TPSA) is 64.1 Å². The van der Waals surface area contributed by atoms with Gasteiger partial charge in [0, 0.05) is 14.0 Å². The fourth-order valence-corrected chi connectivity index (χ4v) is 1.37. The molecule has 0 aliphatic rings. The number of ether oxygens (including phenoxy) is 1. The number of aromatic nitrogens is 2. The first-order chi connectivity index (χ1) is 7.70. The van der Waals surface area contributed by atoms with E-state index in [1.165, 1.54) is 6.92 Å². The molecular formula is C11H11N3O2. The fourth-order valence-electron chi connectivity index (χ4n) is 1.37. The number of nitrogens with zero attached hydrogens (tertiary/aromatic N) is 2. The van der Waals surface area contributed by atoms with Crippen LogP contribution in [0, 0.1) is 0 Å². The summed E-state index contributed by atoms with van der Waals surface area (Å²) in [6, 6.07) is 7.36. The molecule has 1 aromatic heterocycles. The first-order valence-electron chi connectivity index (χ1n) is 4.83. The number of benzene rings is 1. The number of nitrogens with one attached hydrogen (secondary N) is 1. The van der Waals surface area contributed by atoms with Crippen molar-refractivity contribution in [2.45, 2.75) is 6.92 Å². The van der Waals surface area contributed by atoms with Crippen LogP contribution in [-0.4, -0.2) is 23.0 Å². The van der Waals surface area contributed by atoms with Gasteiger partial charge in [0.05, 0.1) is 10.9 Å². The van der Waals surface area contributed by atoms with Gasteiger partial charge in [0.15, 0.2) is 0 Å². The number of hydrogen-bond acceptors (Lipinski definition) is 5. The van der Waals surface area contributed by atoms with Crippen molar-refractivity contribution in [2.75, 3.05) is 12.4 Å². The summed E-state index contributed by atoms with van der Waals surface area (Å²) in [5, 5.41) is 3.54. The summed E-state index contributed by atoms with van der Waals surface area (Å²) in [5.74, 6) is 0.309. The van der Waals surface area contributed by atoms with Crippen molar-refractivity contribution in [1.29, 1.82) is 0 Å². The molecule has 0 spiro atoms. The monoisotopic (exact) mass is 217 g/mol. The molecule has 2 aromatic rings. The van der Waals surface area contributed by atoms with Crippen molar-refractivity contribution in [3.8, 4) is 5.88 Å². The molecule has 0 amide bonds. The number of anilines is 1. The Morgan fingerprint density at radius 3 is 2.75 bits per heavy atom. The van der Waals surface area contributed by atoms with Crippen LogP contribution in [0.1, 0.15) is 6.92 Å². The first-order valence-corrected chi connectivity index (χ1v) is 4.83. The van der Waals surface area contributed by atoms with E-state index in [2.05, 4.69) is 15.3 Å². The lowest BCUT2D eigenvalue weighted by Crippen LogP contribution is -2.06. The molecule has 1 heterocycles. The summed E-state index contributed by atoms with van der Waals surface area (Å²) in [5.41, 5.74) is 0.734. The number of esters is 1. The fraction of sp³-hybridized carbons (Fsp3) is 0.182. The molecule has 1 N–H and O–H groups in total. The molecule has 0 aliphatic heterocycles. The molecular weight excluding hydrogens is 206 g/mol. The van der Waals surface area contributed by atoms with Crippen LogP contribution in [0.5, 0.6) is 5.88 Å². The van der Waals surface area contributed by atoms with E-state index < -0.39 is 5.97 Å². The SMILES string of the molecule is CNc1nc(OC(C)=O)c2ccccc2n1. The van der Waals surface area contributed by atoms with Gasteiger partial charge in [-0.3, -0.25) is 4.79 Å². The number of hydrogen-bond donors (Lipinski definition) is 1. The molecule has 0 atom stereocenters. The smallest absolute Gasteiger partial charge is 0.309 e. The molecule has 5 heteroatoms. The zero-order valence-corrected chi connectivity index (χ0v) is 9.02. The lowest BCUT2D eigenvalue weighted by molar-refractivity contribution is -0.132. The van der Waals surface area contributed by atoms with E-state index in [4.69, 9.17) is 4.74 Å². The molecule has 1 aromatic carbocycles. The standard InChI is InChI=1S/C11H11N3O2/c1-7(15)16-10-8-5-3-4-6-9(8)13-11(12-2)14-10/h3-6H,1-2H3,(H,12,13,14). The molecule has 0 fully saturated rings. The third kappa shape index (κ3) is 1.93. The summed E-state index contributed by atoms with van der Waals surface area (Å²) in [7, 11) is 1.71. The highest BCUT2D eigenvalue weighted by Gasteiger charge is 2.09. The number of rotatable bonds is 2. The molecule has 0 saturated carbocycles. The van der Waals surface area contributed by atoms with Crippen LogP contribution >= 0.6 is 0 Å². The maximum Gasteiger partial charge on any atom is 0.309 e. The summed E-state index contributed by atoms with van der Waals surface area (Å²) in [6.07, 6.45) is 0. The zero-order valence-electron chi connectivity index (χ0n) is 9.02. The Bertz CT molecular complexity index is 540. The molecule has 0 saturated heterocycles. The number of carbonyl (C=O) groups excluding carboxylic acids is 1. The van der Waals surface area contributed by atoms with Gasteiger partial charge in [-0.2, -0.15) is 4.98 Å². The summed E-state index contributed by atoms with van der Waals surface area (Å²) in [4.78, 5) is 19.3. The van der Waals surface area contributed by atoms with Crippen molar-refractivity contribution >= 4 is 22.8 Å². The number of carbonyl (C=O) groups is 1. The van der Waals surface area contributed by atoms with Gasteiger partial charge in [0.25, 0.3) is 0 Å². The molecule has 0 unspecified atom stereocenters. The minimum absolute atomic E-state index is 0.280. The van der Waals surface area contributed by atoms with Gasteiger partial charge in [0.1, 0.15) is 0 Å². The Kier molecular flexibility index (Phi) is 2.68. The molecule has 82 valence electrons. The van der Waals surface area contributed by atoms with Gasteiger partial charge in [-0.05, 0) is 12.1 Å². The van der Waals surface area contributed by atoms with E-state index in [0.29, 0.717) is 5.95 Å². The largest absolute Gasteiger partial charge is 0.407 e. The average molecular weight is 217 g/mol. The van der Waals surface area contributed by atoms with E-state index in [1.807, 2.05) is 24.3 Å². The minimum atomic E-state index is -0.397. The zero-order chi connectivity index (χ0) is 11.5. The van der Waals surface area contributed by atoms with Crippen LogP contribution in [0.4, 0.5) is 5.95 Å². The highest BCUT2D eigenvalue weighted by molar-refractivity contribution is 5.86. The van der Waals surface area contributed by atoms with Crippen molar-refractivity contribution in [2.24, 2.45) is 0 Å². The second-order valence-electron chi connectivity index (χ2n) is 3.21. The molecule has 0 aliphatic carbocycles. The quantitative estimate of drug-likeness (QED) is 0.774. The predicted molar refractivity (Wildman–Crippen MR) is 60.4 cm³/mol. The van der Waals surface area contributed by atoms with Crippen LogP contribution in [-0.2, 0) is 4.79 Å². The molecule has 2 rings (SSSR count). The predicted octanol–water partition coefficient (Wildman–Crippen LogP) is 1.60. The Morgan fingerprint density at radius 1 is 1.31 bits per heavy atom. The third-order valence-electron chi connectivity index (χ3n) is 2.03. The van der Waals surface area contributed by atoms with Crippen LogP contribution in [0.2, 0.25) is 0 Å². The van der Waals surface area contributed by atoms with E-state index in [1.54, 1.807) is 7.05 Å². The Hall–Kier alpha value is -2.17. The summed E-state index contributed by atoms with van der Waals surface area (Å²) < 4.78 is 5.04. The van der Waals surface area contributed by atoms with E-state index in [9.17, 15) is 4.79 Å². The number of fused-ring (bicyclic) bond motifs is 1. The van der Waals surface area contributed by atoms with Crippen LogP contribution in [0.3, 0.4) is 0 Å². The van der Waals surface area contributed by atoms with Crippen molar-refractivity contribution in [3.05, 3.63) is 24.3 Å². The molecule has 16 heavy (non-hydrogen) atoms. The third-order valence-corrected chi connectivity index (χ3v) is 2.03. The van der Waals surface area contributed by atoms with Crippen molar-refractivity contribution < 1.29 is 9.53 Å². The van der Waals surface area contributed by atoms with Crippen molar-refractivity contribution in [3.63, 3.8) is 0 Å². The Balaban J connectivity index is 2.63. The summed E-state index contributed by atoms with van der Waals surface area (Å²) >= 11 is 0. The van der Waals surface area contributed by atoms with Crippen LogP contribution < -0.4 is 10.1 Å². The van der Waals surface area contributed by atoms with E-state index in [-0.39, 0.29) is 5.88 Å². The summed E-state index contributed by atoms with van der Waals surface area (Å²) in [6.45, 7) is 1.34.